The van der Waals surface area contributed by atoms with Crippen molar-refractivity contribution in [3.8, 4) is 34.5 Å². The summed E-state index contributed by atoms with van der Waals surface area (Å²) in [6.45, 7) is 0. The molecule has 0 radical (unpaired) electrons. The molecule has 0 saturated heterocycles. The largest absolute Gasteiger partial charge is 0.590 e. The molecule has 0 fully saturated rings. The maximum absolute atomic E-state index is 12.4. The zero-order valence-corrected chi connectivity index (χ0v) is 20.8. The number of benzene rings is 2. The molecule has 0 saturated carbocycles. The van der Waals surface area contributed by atoms with E-state index in [9.17, 15) is 9.11 Å². The average Bonchev–Trinajstić information content (AvgIpc) is 2.84. The van der Waals surface area contributed by atoms with E-state index < -0.39 is 22.7 Å². The molecule has 2 aromatic carbocycles. The Kier molecular flexibility index (Phi) is 10.6. The Morgan fingerprint density at radius 2 is 0.879 bits per heavy atom. The number of nitrogens with one attached hydrogen (secondary N) is 1. The maximum Gasteiger partial charge on any atom is 0.143 e. The number of hydrogen-bond donors (Lipinski definition) is 1. The summed E-state index contributed by atoms with van der Waals surface area (Å²) in [5.41, 5.74) is 1.12. The van der Waals surface area contributed by atoms with Crippen molar-refractivity contribution in [3.63, 3.8) is 0 Å². The number of methoxy groups -OCH3 is 6. The summed E-state index contributed by atoms with van der Waals surface area (Å²) < 4.78 is 59.1. The predicted molar refractivity (Wildman–Crippen MR) is 130 cm³/mol. The second-order valence-electron chi connectivity index (χ2n) is 6.17. The van der Waals surface area contributed by atoms with Gasteiger partial charge in [-0.05, 0) is 0 Å². The van der Waals surface area contributed by atoms with Gasteiger partial charge in [-0.3, -0.25) is 0 Å². The molecule has 2 unspecified atom stereocenters. The normalized spacial score (nSPS) is 13.1. The van der Waals surface area contributed by atoms with Crippen LogP contribution in [0.5, 0.6) is 34.5 Å². The van der Waals surface area contributed by atoms with Crippen LogP contribution >= 0.6 is 0 Å². The van der Waals surface area contributed by atoms with E-state index >= 15 is 0 Å². The Balaban J connectivity index is 2.16. The highest BCUT2D eigenvalue weighted by Crippen LogP contribution is 2.36. The van der Waals surface area contributed by atoms with Crippen LogP contribution in [-0.2, 0) is 22.7 Å². The van der Waals surface area contributed by atoms with Gasteiger partial charge in [-0.15, -0.1) is 0 Å². The predicted octanol–water partition coefficient (Wildman–Crippen LogP) is 3.30. The third kappa shape index (κ3) is 7.14. The molecule has 2 rings (SSSR count). The molecule has 2 atom stereocenters. The van der Waals surface area contributed by atoms with Crippen LogP contribution in [-0.4, -0.2) is 51.8 Å². The molecule has 0 bridgehead atoms. The molecule has 180 valence electrons. The molecule has 9 nitrogen and oxygen atoms in total. The van der Waals surface area contributed by atoms with Crippen molar-refractivity contribution in [2.45, 2.75) is 0 Å². The Morgan fingerprint density at radius 1 is 0.576 bits per heavy atom. The van der Waals surface area contributed by atoms with Gasteiger partial charge in [0, 0.05) is 40.5 Å². The van der Waals surface area contributed by atoms with Crippen molar-refractivity contribution < 1.29 is 37.5 Å². The first kappa shape index (κ1) is 26.6. The fourth-order valence-electron chi connectivity index (χ4n) is 2.79. The van der Waals surface area contributed by atoms with Crippen molar-refractivity contribution in [3.05, 3.63) is 46.2 Å². The molecule has 33 heavy (non-hydrogen) atoms. The summed E-state index contributed by atoms with van der Waals surface area (Å²) in [6, 6.07) is 6.70. The molecular weight excluding hydrogens is 470 g/mol. The first-order valence-electron chi connectivity index (χ1n) is 9.44. The van der Waals surface area contributed by atoms with E-state index in [1.54, 1.807) is 36.4 Å². The molecule has 0 amide bonds. The molecule has 1 N–H and O–H groups in total. The summed E-state index contributed by atoms with van der Waals surface area (Å²) >= 11 is -3.52. The number of rotatable bonds is 12. The van der Waals surface area contributed by atoms with Gasteiger partial charge in [-0.2, -0.15) is 0 Å². The van der Waals surface area contributed by atoms with Crippen LogP contribution in [0.4, 0.5) is 0 Å². The van der Waals surface area contributed by atoms with E-state index in [4.69, 9.17) is 28.4 Å². The van der Waals surface area contributed by atoms with Gasteiger partial charge < -0.3 is 37.5 Å². The lowest BCUT2D eigenvalue weighted by Gasteiger charge is -2.13. The van der Waals surface area contributed by atoms with Crippen LogP contribution < -0.4 is 32.5 Å². The Hall–Kier alpha value is -2.70. The van der Waals surface area contributed by atoms with Gasteiger partial charge >= 0.3 is 0 Å². The maximum atomic E-state index is 12.4. The summed E-state index contributed by atoms with van der Waals surface area (Å²) in [4.78, 5) is 0. The molecule has 0 aromatic heterocycles. The van der Waals surface area contributed by atoms with Gasteiger partial charge in [-0.25, -0.2) is 0 Å². The molecule has 11 heteroatoms. The van der Waals surface area contributed by atoms with Crippen LogP contribution in [0.3, 0.4) is 0 Å². The van der Waals surface area contributed by atoms with Gasteiger partial charge in [0.2, 0.25) is 0 Å². The van der Waals surface area contributed by atoms with Crippen LogP contribution in [0.2, 0.25) is 0 Å². The summed E-state index contributed by atoms with van der Waals surface area (Å²) in [7, 11) is 9.07. The van der Waals surface area contributed by atoms with Crippen LogP contribution in [0.15, 0.2) is 35.1 Å². The zero-order valence-electron chi connectivity index (χ0n) is 19.2. The topological polar surface area (TPSA) is 114 Å². The molecule has 0 aliphatic rings. The second-order valence-corrected chi connectivity index (χ2v) is 8.58. The second kappa shape index (κ2) is 13.1. The highest BCUT2D eigenvalue weighted by Gasteiger charge is 2.17. The molecule has 2 aromatic rings. The Labute approximate surface area is 199 Å². The first-order valence-corrected chi connectivity index (χ1v) is 11.9. The minimum Gasteiger partial charge on any atom is -0.590 e. The van der Waals surface area contributed by atoms with Gasteiger partial charge in [0.1, 0.15) is 68.0 Å². The molecular formula is C22H27NO8S2. The van der Waals surface area contributed by atoms with Crippen molar-refractivity contribution in [1.82, 2.24) is 4.13 Å². The van der Waals surface area contributed by atoms with E-state index in [1.807, 2.05) is 0 Å². The summed E-state index contributed by atoms with van der Waals surface area (Å²) in [5, 5.41) is 2.68. The SMILES string of the molecule is COc1cc(OC)c(C=C[S+]([O-])N[S+]([O-])C=Cc2c(OC)cc(OC)cc2OC)c(OC)c1. The van der Waals surface area contributed by atoms with Crippen molar-refractivity contribution >= 4 is 34.9 Å². The van der Waals surface area contributed by atoms with Crippen LogP contribution in [0.25, 0.3) is 12.2 Å². The number of hydrogen-bond acceptors (Lipinski definition) is 9. The fraction of sp³-hybridized carbons (Fsp3) is 0.273. The zero-order chi connectivity index (χ0) is 24.4. The standard InChI is InChI=1S/C22H27NO8S2/c1-26-15-11-19(28-3)17(20(12-15)29-4)7-9-32(24)23-33(25)10-8-18-21(30-5)13-16(27-2)14-22(18)31-6/h7-14,23H,1-6H3. The van der Waals surface area contributed by atoms with Crippen molar-refractivity contribution in [1.29, 1.82) is 0 Å². The van der Waals surface area contributed by atoms with Crippen LogP contribution in [0, 0.1) is 0 Å². The lowest BCUT2D eigenvalue weighted by molar-refractivity contribution is 0.374. The minimum absolute atomic E-state index is 0.471. The van der Waals surface area contributed by atoms with Gasteiger partial charge in [-0.1, -0.05) is 0 Å². The van der Waals surface area contributed by atoms with E-state index in [1.165, 1.54) is 53.5 Å². The number of ether oxygens (including phenoxy) is 6. The van der Waals surface area contributed by atoms with E-state index in [-0.39, 0.29) is 0 Å². The van der Waals surface area contributed by atoms with E-state index in [0.717, 1.165) is 0 Å². The van der Waals surface area contributed by atoms with E-state index in [2.05, 4.69) is 4.13 Å². The quantitative estimate of drug-likeness (QED) is 0.441. The van der Waals surface area contributed by atoms with Crippen molar-refractivity contribution in [2.75, 3.05) is 42.7 Å². The van der Waals surface area contributed by atoms with E-state index in [0.29, 0.717) is 45.6 Å². The Bertz CT molecular complexity index is 855. The highest BCUT2D eigenvalue weighted by atomic mass is 32.3. The van der Waals surface area contributed by atoms with Crippen molar-refractivity contribution in [2.24, 2.45) is 0 Å². The minimum atomic E-state index is -1.76. The summed E-state index contributed by atoms with van der Waals surface area (Å²) in [5.74, 6) is 2.99. The molecule has 0 aliphatic heterocycles. The molecule has 0 spiro atoms. The van der Waals surface area contributed by atoms with Gasteiger partial charge in [0.15, 0.2) is 0 Å². The lowest BCUT2D eigenvalue weighted by atomic mass is 10.1. The fourth-order valence-corrected chi connectivity index (χ4v) is 4.40. The molecule has 0 heterocycles. The Morgan fingerprint density at radius 3 is 1.12 bits per heavy atom. The monoisotopic (exact) mass is 497 g/mol. The van der Waals surface area contributed by atoms with Gasteiger partial charge in [0.05, 0.1) is 53.8 Å². The lowest BCUT2D eigenvalue weighted by Crippen LogP contribution is -2.27. The third-order valence-electron chi connectivity index (χ3n) is 4.39. The van der Waals surface area contributed by atoms with Gasteiger partial charge in [0.25, 0.3) is 0 Å². The third-order valence-corrected chi connectivity index (χ3v) is 6.47. The summed E-state index contributed by atoms with van der Waals surface area (Å²) in [6.07, 6.45) is 3.10. The highest BCUT2D eigenvalue weighted by molar-refractivity contribution is 8.07. The molecule has 0 aliphatic carbocycles. The average molecular weight is 498 g/mol. The first-order chi connectivity index (χ1) is 15.9. The van der Waals surface area contributed by atoms with Crippen LogP contribution in [0.1, 0.15) is 11.1 Å². The smallest absolute Gasteiger partial charge is 0.143 e.